The fraction of sp³-hybridized carbons (Fsp3) is 0.769. The van der Waals surface area contributed by atoms with Crippen molar-refractivity contribution in [3.05, 3.63) is 17.5 Å². The van der Waals surface area contributed by atoms with E-state index >= 15 is 0 Å². The molecule has 1 saturated carbocycles. The van der Waals surface area contributed by atoms with Gasteiger partial charge in [0, 0.05) is 17.0 Å². The number of hydrogen-bond donors (Lipinski definition) is 1. The first kappa shape index (κ1) is 10.7. The van der Waals surface area contributed by atoms with Gasteiger partial charge in [0.05, 0.1) is 11.7 Å². The van der Waals surface area contributed by atoms with Gasteiger partial charge < -0.3 is 0 Å². The van der Waals surface area contributed by atoms with Crippen molar-refractivity contribution >= 4 is 10.9 Å². The van der Waals surface area contributed by atoms with Gasteiger partial charge in [0.25, 0.3) is 0 Å². The molecule has 0 radical (unpaired) electrons. The van der Waals surface area contributed by atoms with E-state index in [0.29, 0.717) is 16.9 Å². The Morgan fingerprint density at radius 3 is 2.69 bits per heavy atom. The predicted molar refractivity (Wildman–Crippen MR) is 71.6 cm³/mol. The van der Waals surface area contributed by atoms with Gasteiger partial charge in [-0.05, 0) is 31.3 Å². The van der Waals surface area contributed by atoms with Crippen LogP contribution < -0.4 is 0 Å². The fourth-order valence-electron chi connectivity index (χ4n) is 2.90. The molecule has 16 heavy (non-hydrogen) atoms. The average Bonchev–Trinajstić information content (AvgIpc) is 2.84. The lowest BCUT2D eigenvalue weighted by Gasteiger charge is -2.11. The SMILES string of the molecule is Cc1nn(C2CCCC2)cc1C(C)[SH]1CC1. The number of aromatic nitrogens is 2. The van der Waals surface area contributed by atoms with Crippen molar-refractivity contribution in [3.63, 3.8) is 0 Å². The second kappa shape index (κ2) is 4.10. The van der Waals surface area contributed by atoms with Gasteiger partial charge in [-0.15, -0.1) is 0 Å². The quantitative estimate of drug-likeness (QED) is 0.631. The van der Waals surface area contributed by atoms with Crippen LogP contribution in [0, 0.1) is 6.92 Å². The highest BCUT2D eigenvalue weighted by atomic mass is 32.2. The molecule has 2 nitrogen and oxygen atoms in total. The summed E-state index contributed by atoms with van der Waals surface area (Å²) < 4.78 is 2.27. The van der Waals surface area contributed by atoms with Crippen molar-refractivity contribution in [1.82, 2.24) is 9.78 Å². The molecule has 0 N–H and O–H groups in total. The molecule has 1 aromatic rings. The van der Waals surface area contributed by atoms with Crippen molar-refractivity contribution in [2.75, 3.05) is 11.5 Å². The van der Waals surface area contributed by atoms with Crippen molar-refractivity contribution in [1.29, 1.82) is 0 Å². The van der Waals surface area contributed by atoms with Crippen molar-refractivity contribution < 1.29 is 0 Å². The molecule has 1 unspecified atom stereocenters. The summed E-state index contributed by atoms with van der Waals surface area (Å²) in [6, 6.07) is 0.701. The Hall–Kier alpha value is -0.440. The second-order valence-corrected chi connectivity index (χ2v) is 8.15. The molecule has 3 rings (SSSR count). The number of thiol groups is 1. The Morgan fingerprint density at radius 1 is 1.38 bits per heavy atom. The monoisotopic (exact) mass is 238 g/mol. The van der Waals surface area contributed by atoms with Crippen LogP contribution in [0.1, 0.15) is 55.2 Å². The smallest absolute Gasteiger partial charge is 0.0636 e. The van der Waals surface area contributed by atoms with E-state index in [1.165, 1.54) is 48.4 Å². The van der Waals surface area contributed by atoms with E-state index in [9.17, 15) is 0 Å². The molecular formula is C13H22N2S. The maximum absolute atomic E-state index is 4.75. The molecule has 1 aliphatic heterocycles. The zero-order chi connectivity index (χ0) is 11.1. The second-order valence-electron chi connectivity index (χ2n) is 5.30. The Balaban J connectivity index is 1.82. The number of hydrogen-bond acceptors (Lipinski definition) is 1. The number of nitrogens with zero attached hydrogens (tertiary/aromatic N) is 2. The van der Waals surface area contributed by atoms with Crippen LogP contribution in [0.3, 0.4) is 0 Å². The van der Waals surface area contributed by atoms with Crippen molar-refractivity contribution in [3.8, 4) is 0 Å². The van der Waals surface area contributed by atoms with E-state index in [1.807, 2.05) is 0 Å². The van der Waals surface area contributed by atoms with E-state index < -0.39 is 0 Å². The van der Waals surface area contributed by atoms with Gasteiger partial charge in [-0.1, -0.05) is 19.8 Å². The normalized spacial score (nSPS) is 25.0. The average molecular weight is 238 g/mol. The Morgan fingerprint density at radius 2 is 2.06 bits per heavy atom. The lowest BCUT2D eigenvalue weighted by Crippen LogP contribution is -2.04. The summed E-state index contributed by atoms with van der Waals surface area (Å²) in [5, 5.41) is 5.55. The molecular weight excluding hydrogens is 216 g/mol. The van der Waals surface area contributed by atoms with Crippen molar-refractivity contribution in [2.45, 2.75) is 50.8 Å². The van der Waals surface area contributed by atoms with Crippen LogP contribution in [0.4, 0.5) is 0 Å². The van der Waals surface area contributed by atoms with Gasteiger partial charge in [-0.25, -0.2) is 10.9 Å². The molecule has 2 aliphatic rings. The molecule has 0 spiro atoms. The first-order valence-electron chi connectivity index (χ1n) is 6.55. The molecule has 1 saturated heterocycles. The molecule has 0 aromatic carbocycles. The molecule has 1 aliphatic carbocycles. The Labute approximate surface area is 101 Å². The zero-order valence-corrected chi connectivity index (χ0v) is 11.2. The Bertz CT molecular complexity index is 375. The molecule has 2 fully saturated rings. The highest BCUT2D eigenvalue weighted by molar-refractivity contribution is 8.23. The van der Waals surface area contributed by atoms with Crippen LogP contribution in [0.5, 0.6) is 0 Å². The molecule has 1 aromatic heterocycles. The van der Waals surface area contributed by atoms with Gasteiger partial charge in [-0.3, -0.25) is 4.68 Å². The molecule has 3 heteroatoms. The summed E-state index contributed by atoms with van der Waals surface area (Å²) in [6.07, 6.45) is 7.81. The van der Waals surface area contributed by atoms with E-state index in [4.69, 9.17) is 5.10 Å². The third-order valence-corrected chi connectivity index (χ3v) is 6.47. The Kier molecular flexibility index (Phi) is 2.74. The zero-order valence-electron chi connectivity index (χ0n) is 10.3. The van der Waals surface area contributed by atoms with Crippen LogP contribution in [0.25, 0.3) is 0 Å². The predicted octanol–water partition coefficient (Wildman–Crippen LogP) is 3.38. The summed E-state index contributed by atoms with van der Waals surface area (Å²) in [7, 11) is 0.344. The first-order chi connectivity index (χ1) is 7.75. The van der Waals surface area contributed by atoms with E-state index in [1.54, 1.807) is 0 Å². The van der Waals surface area contributed by atoms with Crippen molar-refractivity contribution in [2.24, 2.45) is 0 Å². The summed E-state index contributed by atoms with van der Waals surface area (Å²) >= 11 is 0. The van der Waals surface area contributed by atoms with Crippen LogP contribution in [0.15, 0.2) is 6.20 Å². The topological polar surface area (TPSA) is 17.8 Å². The van der Waals surface area contributed by atoms with Crippen LogP contribution >= 0.6 is 10.9 Å². The maximum atomic E-state index is 4.75. The van der Waals surface area contributed by atoms with E-state index in [2.05, 4.69) is 24.7 Å². The third kappa shape index (κ3) is 1.90. The van der Waals surface area contributed by atoms with Crippen LogP contribution in [-0.4, -0.2) is 21.3 Å². The van der Waals surface area contributed by atoms with Gasteiger partial charge >= 0.3 is 0 Å². The number of rotatable bonds is 3. The van der Waals surface area contributed by atoms with Crippen LogP contribution in [-0.2, 0) is 0 Å². The molecule has 0 bridgehead atoms. The van der Waals surface area contributed by atoms with Gasteiger partial charge in [0.15, 0.2) is 0 Å². The minimum Gasteiger partial charge on any atom is -0.269 e. The molecule has 0 amide bonds. The summed E-state index contributed by atoms with van der Waals surface area (Å²) in [5.41, 5.74) is 2.82. The van der Waals surface area contributed by atoms with Gasteiger partial charge in [-0.2, -0.15) is 5.10 Å². The number of aryl methyl sites for hydroxylation is 1. The minimum absolute atomic E-state index is 0.344. The molecule has 2 heterocycles. The van der Waals surface area contributed by atoms with Crippen LogP contribution in [0.2, 0.25) is 0 Å². The summed E-state index contributed by atoms with van der Waals surface area (Å²) in [4.78, 5) is 0. The lowest BCUT2D eigenvalue weighted by molar-refractivity contribution is 0.464. The van der Waals surface area contributed by atoms with E-state index in [-0.39, 0.29) is 0 Å². The highest BCUT2D eigenvalue weighted by Gasteiger charge is 2.28. The third-order valence-electron chi connectivity index (χ3n) is 4.13. The first-order valence-corrected chi connectivity index (χ1v) is 8.33. The maximum Gasteiger partial charge on any atom is 0.0636 e. The molecule has 90 valence electrons. The van der Waals surface area contributed by atoms with Gasteiger partial charge in [0.1, 0.15) is 0 Å². The minimum atomic E-state index is 0.344. The van der Waals surface area contributed by atoms with E-state index in [0.717, 1.165) is 5.25 Å². The summed E-state index contributed by atoms with van der Waals surface area (Å²) in [6.45, 7) is 4.60. The largest absolute Gasteiger partial charge is 0.269 e. The fourth-order valence-corrected chi connectivity index (χ4v) is 4.79. The van der Waals surface area contributed by atoms with Gasteiger partial charge in [0.2, 0.25) is 0 Å². The molecule has 1 atom stereocenters. The standard InChI is InChI=1S/C13H22N2S/c1-10-13(11(2)16-7-8-16)9-15(14-10)12-5-3-4-6-12/h9,11-12,16H,3-8H2,1-2H3. The highest BCUT2D eigenvalue weighted by Crippen LogP contribution is 2.53. The lowest BCUT2D eigenvalue weighted by atomic mass is 10.2. The summed E-state index contributed by atoms with van der Waals surface area (Å²) in [5.74, 6) is 2.98.